The molecule has 15 heavy (non-hydrogen) atoms. The summed E-state index contributed by atoms with van der Waals surface area (Å²) in [6, 6.07) is 7.76. The summed E-state index contributed by atoms with van der Waals surface area (Å²) in [4.78, 5) is 12.4. The molecule has 2 rings (SSSR count). The van der Waals surface area contributed by atoms with E-state index in [0.29, 0.717) is 0 Å². The van der Waals surface area contributed by atoms with Crippen LogP contribution in [0.25, 0.3) is 0 Å². The highest BCUT2D eigenvalue weighted by Crippen LogP contribution is 2.44. The summed E-state index contributed by atoms with van der Waals surface area (Å²) >= 11 is 10.5. The van der Waals surface area contributed by atoms with E-state index in [1.54, 1.807) is 0 Å². The number of carbonyl (C=O) groups excluding carboxylic acids is 1. The molecule has 0 fully saturated rings. The van der Waals surface area contributed by atoms with E-state index in [4.69, 9.17) is 0 Å². The molecule has 4 heteroatoms. The molecular weight excluding hydrogens is 388 g/mol. The van der Waals surface area contributed by atoms with Crippen LogP contribution in [0.4, 0.5) is 0 Å². The van der Waals surface area contributed by atoms with Crippen molar-refractivity contribution in [3.63, 3.8) is 0 Å². The van der Waals surface area contributed by atoms with Crippen LogP contribution in [0.2, 0.25) is 0 Å². The molecule has 1 aromatic rings. The Kier molecular flexibility index (Phi) is 3.39. The van der Waals surface area contributed by atoms with Crippen molar-refractivity contribution in [3.05, 3.63) is 35.4 Å². The van der Waals surface area contributed by atoms with Crippen molar-refractivity contribution in [1.29, 1.82) is 0 Å². The Morgan fingerprint density at radius 2 is 1.93 bits per heavy atom. The van der Waals surface area contributed by atoms with E-state index >= 15 is 0 Å². The van der Waals surface area contributed by atoms with E-state index in [-0.39, 0.29) is 10.6 Å². The van der Waals surface area contributed by atoms with Crippen LogP contribution in [0.3, 0.4) is 0 Å². The van der Waals surface area contributed by atoms with Gasteiger partial charge in [0.25, 0.3) is 0 Å². The SMILES string of the molecule is O=C1c2ccccc2[C@@H](Br)CCC1(Br)Br. The minimum atomic E-state index is -0.599. The number of benzene rings is 1. The molecule has 1 aromatic carbocycles. The first kappa shape index (κ1) is 11.8. The van der Waals surface area contributed by atoms with Crippen molar-refractivity contribution in [2.24, 2.45) is 0 Å². The molecule has 0 N–H and O–H groups in total. The van der Waals surface area contributed by atoms with Gasteiger partial charge in [-0.1, -0.05) is 72.1 Å². The number of rotatable bonds is 0. The van der Waals surface area contributed by atoms with Crippen molar-refractivity contribution in [2.45, 2.75) is 20.9 Å². The zero-order valence-electron chi connectivity index (χ0n) is 7.84. The first-order valence-corrected chi connectivity index (χ1v) is 7.18. The van der Waals surface area contributed by atoms with Crippen LogP contribution in [0.15, 0.2) is 24.3 Å². The summed E-state index contributed by atoms with van der Waals surface area (Å²) in [6.07, 6.45) is 1.70. The average Bonchev–Trinajstić information content (AvgIpc) is 2.31. The van der Waals surface area contributed by atoms with Crippen molar-refractivity contribution in [2.75, 3.05) is 0 Å². The fourth-order valence-corrected chi connectivity index (χ4v) is 3.26. The molecule has 1 aliphatic carbocycles. The van der Waals surface area contributed by atoms with E-state index in [1.807, 2.05) is 24.3 Å². The lowest BCUT2D eigenvalue weighted by Crippen LogP contribution is -2.23. The minimum absolute atomic E-state index is 0.111. The van der Waals surface area contributed by atoms with Crippen molar-refractivity contribution < 1.29 is 4.79 Å². The number of Topliss-reactive ketones (excluding diaryl/α,β-unsaturated/α-hetero) is 1. The number of halogens is 3. The molecule has 1 nitrogen and oxygen atoms in total. The van der Waals surface area contributed by atoms with E-state index in [2.05, 4.69) is 47.8 Å². The number of fused-ring (bicyclic) bond motifs is 1. The van der Waals surface area contributed by atoms with Gasteiger partial charge >= 0.3 is 0 Å². The van der Waals surface area contributed by atoms with Crippen LogP contribution in [0, 0.1) is 0 Å². The average molecular weight is 397 g/mol. The fourth-order valence-electron chi connectivity index (χ4n) is 1.75. The van der Waals surface area contributed by atoms with Crippen LogP contribution in [-0.4, -0.2) is 9.02 Å². The van der Waals surface area contributed by atoms with Gasteiger partial charge in [0.2, 0.25) is 0 Å². The predicted octanol–water partition coefficient (Wildman–Crippen LogP) is 4.59. The largest absolute Gasteiger partial charge is 0.292 e. The van der Waals surface area contributed by atoms with E-state index in [0.717, 1.165) is 24.0 Å². The first-order chi connectivity index (χ1) is 7.02. The smallest absolute Gasteiger partial charge is 0.190 e. The highest BCUT2D eigenvalue weighted by Gasteiger charge is 2.38. The molecule has 0 aromatic heterocycles. The summed E-state index contributed by atoms with van der Waals surface area (Å²) < 4.78 is -0.599. The highest BCUT2D eigenvalue weighted by atomic mass is 79.9. The lowest BCUT2D eigenvalue weighted by Gasteiger charge is -2.15. The molecular formula is C11H9Br3O. The number of alkyl halides is 3. The molecule has 0 aliphatic heterocycles. The molecule has 0 heterocycles. The standard InChI is InChI=1S/C11H9Br3O/c12-9-5-6-11(13,14)10(15)8-4-2-1-3-7(8)9/h1-4,9H,5-6H2/t9-/m0/s1. The van der Waals surface area contributed by atoms with Crippen LogP contribution >= 0.6 is 47.8 Å². The summed E-state index contributed by atoms with van der Waals surface area (Å²) in [5.41, 5.74) is 1.88. The summed E-state index contributed by atoms with van der Waals surface area (Å²) in [5, 5.41) is 0. The maximum atomic E-state index is 12.2. The van der Waals surface area contributed by atoms with Gasteiger partial charge in [-0.05, 0) is 18.4 Å². The van der Waals surface area contributed by atoms with Crippen LogP contribution < -0.4 is 0 Å². The zero-order chi connectivity index (χ0) is 11.1. The number of ketones is 1. The van der Waals surface area contributed by atoms with Gasteiger partial charge in [0.15, 0.2) is 5.78 Å². The van der Waals surface area contributed by atoms with Crippen molar-refractivity contribution >= 4 is 53.6 Å². The Hall–Kier alpha value is 0.330. The number of carbonyl (C=O) groups is 1. The van der Waals surface area contributed by atoms with Gasteiger partial charge in [-0.25, -0.2) is 0 Å². The third-order valence-corrected chi connectivity index (χ3v) is 5.05. The first-order valence-electron chi connectivity index (χ1n) is 4.68. The van der Waals surface area contributed by atoms with Gasteiger partial charge in [-0.15, -0.1) is 0 Å². The molecule has 0 radical (unpaired) electrons. The summed E-state index contributed by atoms with van der Waals surface area (Å²) in [7, 11) is 0. The highest BCUT2D eigenvalue weighted by molar-refractivity contribution is 9.26. The molecule has 80 valence electrons. The van der Waals surface area contributed by atoms with Crippen LogP contribution in [0.1, 0.15) is 33.6 Å². The Labute approximate surface area is 114 Å². The van der Waals surface area contributed by atoms with Crippen LogP contribution in [0.5, 0.6) is 0 Å². The Bertz CT molecular complexity index is 401. The topological polar surface area (TPSA) is 17.1 Å². The number of hydrogen-bond acceptors (Lipinski definition) is 1. The summed E-state index contributed by atoms with van der Waals surface area (Å²) in [5.74, 6) is 0.111. The maximum Gasteiger partial charge on any atom is 0.190 e. The molecule has 1 aliphatic rings. The molecule has 0 spiro atoms. The van der Waals surface area contributed by atoms with Crippen molar-refractivity contribution in [1.82, 2.24) is 0 Å². The molecule has 0 saturated heterocycles. The Morgan fingerprint density at radius 3 is 2.67 bits per heavy atom. The van der Waals surface area contributed by atoms with Gasteiger partial charge < -0.3 is 0 Å². The molecule has 0 saturated carbocycles. The third-order valence-electron chi connectivity index (χ3n) is 2.59. The van der Waals surface area contributed by atoms with E-state index in [9.17, 15) is 4.79 Å². The van der Waals surface area contributed by atoms with Gasteiger partial charge in [-0.2, -0.15) is 0 Å². The van der Waals surface area contributed by atoms with Gasteiger partial charge in [0.1, 0.15) is 3.23 Å². The van der Waals surface area contributed by atoms with Gasteiger partial charge in [0, 0.05) is 10.4 Å². The Balaban J connectivity index is 2.56. The molecule has 0 amide bonds. The predicted molar refractivity (Wildman–Crippen MR) is 72.3 cm³/mol. The maximum absolute atomic E-state index is 12.2. The second kappa shape index (κ2) is 4.30. The molecule has 0 unspecified atom stereocenters. The zero-order valence-corrected chi connectivity index (χ0v) is 12.6. The monoisotopic (exact) mass is 394 g/mol. The molecule has 0 bridgehead atoms. The minimum Gasteiger partial charge on any atom is -0.292 e. The lowest BCUT2D eigenvalue weighted by molar-refractivity contribution is 0.0982. The quantitative estimate of drug-likeness (QED) is 0.463. The second-order valence-electron chi connectivity index (χ2n) is 3.63. The number of hydrogen-bond donors (Lipinski definition) is 0. The van der Waals surface area contributed by atoms with Crippen molar-refractivity contribution in [3.8, 4) is 0 Å². The van der Waals surface area contributed by atoms with Gasteiger partial charge in [-0.3, -0.25) is 4.79 Å². The molecule has 1 atom stereocenters. The summed E-state index contributed by atoms with van der Waals surface area (Å²) in [6.45, 7) is 0. The third kappa shape index (κ3) is 2.22. The Morgan fingerprint density at radius 1 is 1.27 bits per heavy atom. The van der Waals surface area contributed by atoms with Gasteiger partial charge in [0.05, 0.1) is 0 Å². The second-order valence-corrected chi connectivity index (χ2v) is 8.50. The fraction of sp³-hybridized carbons (Fsp3) is 0.364. The van der Waals surface area contributed by atoms with Crippen LogP contribution in [-0.2, 0) is 0 Å². The lowest BCUT2D eigenvalue weighted by atomic mass is 10.0. The van der Waals surface area contributed by atoms with E-state index < -0.39 is 3.23 Å². The normalized spacial score (nSPS) is 24.5. The van der Waals surface area contributed by atoms with E-state index in [1.165, 1.54) is 0 Å².